The van der Waals surface area contributed by atoms with Crippen LogP contribution in [0.1, 0.15) is 34.6 Å². The van der Waals surface area contributed by atoms with E-state index in [4.69, 9.17) is 80.5 Å². The Hall–Kier alpha value is -2.70. The molecule has 2 amide bonds. The zero-order valence-corrected chi connectivity index (χ0v) is 55.7. The Morgan fingerprint density at radius 2 is 0.524 bits per heavy atom. The topological polar surface area (TPSA) is 701 Å². The van der Waals surface area contributed by atoms with Gasteiger partial charge in [-0.05, 0) is 20.8 Å². The highest BCUT2D eigenvalue weighted by Crippen LogP contribution is 2.41. The van der Waals surface area contributed by atoms with Gasteiger partial charge in [-0.2, -0.15) is 0 Å². The van der Waals surface area contributed by atoms with Gasteiger partial charge < -0.3 is 214 Å². The van der Waals surface area contributed by atoms with E-state index in [1.165, 1.54) is 20.8 Å². The van der Waals surface area contributed by atoms with Gasteiger partial charge in [0.25, 0.3) is 0 Å². The van der Waals surface area contributed by atoms with Gasteiger partial charge in [0.05, 0.1) is 58.0 Å². The predicted octanol–water partition coefficient (Wildman–Crippen LogP) is -17.3. The Morgan fingerprint density at radius 3 is 0.883 bits per heavy atom. The molecule has 0 aromatic heterocycles. The third-order valence-electron chi connectivity index (χ3n) is 19.5. The first kappa shape index (κ1) is 84.3. The van der Waals surface area contributed by atoms with Crippen molar-refractivity contribution in [1.82, 2.24) is 10.6 Å². The van der Waals surface area contributed by atoms with Crippen LogP contribution in [0.3, 0.4) is 0 Å². The summed E-state index contributed by atoms with van der Waals surface area (Å²) in [5.41, 5.74) is 0. The Balaban J connectivity index is 1.06. The molecule has 103 heavy (non-hydrogen) atoms. The molecule has 9 fully saturated rings. The molecule has 0 radical (unpaired) electrons. The molecule has 45 heteroatoms. The van der Waals surface area contributed by atoms with Crippen molar-refractivity contribution in [3.05, 3.63) is 0 Å². The van der Waals surface area contributed by atoms with Crippen LogP contribution in [0.2, 0.25) is 0 Å². The lowest BCUT2D eigenvalue weighted by Crippen LogP contribution is -2.72. The summed E-state index contributed by atoms with van der Waals surface area (Å²) in [7, 11) is 0. The Morgan fingerprint density at radius 1 is 0.252 bits per heavy atom. The maximum atomic E-state index is 13.5. The van der Waals surface area contributed by atoms with Crippen molar-refractivity contribution in [3.63, 3.8) is 0 Å². The summed E-state index contributed by atoms with van der Waals surface area (Å²) in [5.74, 6) is -1.98. The summed E-state index contributed by atoms with van der Waals surface area (Å²) < 4.78 is 102. The number of carbonyl (C=O) groups is 2. The maximum Gasteiger partial charge on any atom is 0.217 e. The van der Waals surface area contributed by atoms with Crippen LogP contribution in [0.25, 0.3) is 0 Å². The van der Waals surface area contributed by atoms with E-state index in [2.05, 4.69) is 10.6 Å². The van der Waals surface area contributed by atoms with Crippen LogP contribution in [0.5, 0.6) is 0 Å². The van der Waals surface area contributed by atoms with E-state index in [9.17, 15) is 132 Å². The molecule has 9 saturated heterocycles. The minimum Gasteiger partial charge on any atom is -0.394 e. The Kier molecular flexibility index (Phi) is 29.5. The number of aliphatic hydroxyl groups excluding tert-OH is 24. The van der Waals surface area contributed by atoms with E-state index in [1.54, 1.807) is 0 Å². The molecular formula is C58H98N2O43. The number of ether oxygens (including phenoxy) is 17. The standard InChI is InChI=1S/C58H98N2O43/c1-12-25(69)31(75)37(81)53(87-12)99-45-23(59-15(4)67)51(101-47-29(73)18(7-62)91-56(40(47)84)96-42-20(9-64)90-50(86)36(80)35(42)79)94-21(10-65)43(45)97-57-41(85)48(30(74)19(8-63)92-57)102-52-24(60-16(5)68)46(100-54-38(82)32(76)26(70)13(2)88-54)44(22(11-66)95-52)98-58-49(34(78)28(72)17(6-61)93-58)103-55-39(83)33(77)27(71)14(3)89-55/h12-14,17-58,61-66,69-86H,6-11H2,1-5H3,(H,59,67)(H,60,68)/t12?,13?,14-,17-,18?,19-,20?,21?,22?,23-,24-,25+,26+,27+,28-,29-,30-,31-,32-,33?,34?,35?,36-,37?,38?,39?,40-,41?,42+,43+,44+,45?,46?,47?,48?,49?,50+,51-,52-,53-,54-,55-,56-,57-,58-/m0/s1. The minimum atomic E-state index is -2.48. The first-order valence-corrected chi connectivity index (χ1v) is 33.2. The average molecular weight is 1510 g/mol. The van der Waals surface area contributed by atoms with Crippen molar-refractivity contribution < 1.29 is 213 Å². The number of aliphatic hydroxyl groups is 24. The predicted molar refractivity (Wildman–Crippen MR) is 316 cm³/mol. The van der Waals surface area contributed by atoms with Crippen LogP contribution in [0, 0.1) is 0 Å². The van der Waals surface area contributed by atoms with Gasteiger partial charge in [0, 0.05) is 13.8 Å². The number of hydrogen-bond donors (Lipinski definition) is 26. The second-order valence-electron chi connectivity index (χ2n) is 26.6. The molecule has 598 valence electrons. The number of nitrogens with one attached hydrogen (secondary N) is 2. The third kappa shape index (κ3) is 17.9. The van der Waals surface area contributed by atoms with Gasteiger partial charge in [-0.15, -0.1) is 0 Å². The lowest BCUT2D eigenvalue weighted by molar-refractivity contribution is -0.404. The Labute approximate surface area is 584 Å². The molecule has 45 atom stereocenters. The molecule has 9 aliphatic rings. The highest BCUT2D eigenvalue weighted by atomic mass is 16.8. The van der Waals surface area contributed by atoms with E-state index in [-0.39, 0.29) is 0 Å². The highest BCUT2D eigenvalue weighted by Gasteiger charge is 2.62. The van der Waals surface area contributed by atoms with E-state index < -0.39 is 328 Å². The molecule has 0 bridgehead atoms. The van der Waals surface area contributed by atoms with Crippen molar-refractivity contribution in [2.75, 3.05) is 39.6 Å². The highest BCUT2D eigenvalue weighted by molar-refractivity contribution is 5.73. The molecule has 0 aromatic rings. The number of hydrogen-bond acceptors (Lipinski definition) is 43. The van der Waals surface area contributed by atoms with Crippen molar-refractivity contribution in [3.8, 4) is 0 Å². The van der Waals surface area contributed by atoms with Gasteiger partial charge in [0.1, 0.15) is 201 Å². The maximum absolute atomic E-state index is 13.5. The van der Waals surface area contributed by atoms with Crippen LogP contribution in [-0.2, 0) is 90.1 Å². The first-order valence-electron chi connectivity index (χ1n) is 33.2. The second-order valence-corrected chi connectivity index (χ2v) is 26.6. The van der Waals surface area contributed by atoms with Gasteiger partial charge in [0.2, 0.25) is 11.8 Å². The third-order valence-corrected chi connectivity index (χ3v) is 19.5. The zero-order chi connectivity index (χ0) is 75.8. The van der Waals surface area contributed by atoms with Gasteiger partial charge in [-0.3, -0.25) is 9.59 Å². The molecule has 9 rings (SSSR count). The zero-order valence-electron chi connectivity index (χ0n) is 55.7. The molecule has 9 heterocycles. The van der Waals surface area contributed by atoms with Crippen LogP contribution in [0.15, 0.2) is 0 Å². The fraction of sp³-hybridized carbons (Fsp3) is 0.966. The quantitative estimate of drug-likeness (QED) is 0.0427. The van der Waals surface area contributed by atoms with Crippen LogP contribution < -0.4 is 10.6 Å². The van der Waals surface area contributed by atoms with E-state index in [0.717, 1.165) is 13.8 Å². The molecule has 0 aromatic carbocycles. The van der Waals surface area contributed by atoms with Crippen molar-refractivity contribution in [1.29, 1.82) is 0 Å². The monoisotopic (exact) mass is 1510 g/mol. The molecular weight excluding hydrogens is 1410 g/mol. The summed E-state index contributed by atoms with van der Waals surface area (Å²) in [6.45, 7) is -1.11. The number of amides is 2. The molecule has 45 nitrogen and oxygen atoms in total. The van der Waals surface area contributed by atoms with E-state index in [1.807, 2.05) is 0 Å². The van der Waals surface area contributed by atoms with Gasteiger partial charge in [-0.1, -0.05) is 0 Å². The lowest BCUT2D eigenvalue weighted by atomic mass is 9.93. The fourth-order valence-corrected chi connectivity index (χ4v) is 13.6. The Bertz CT molecular complexity index is 2660. The van der Waals surface area contributed by atoms with Crippen molar-refractivity contribution in [2.24, 2.45) is 0 Å². The van der Waals surface area contributed by atoms with E-state index >= 15 is 0 Å². The molecule has 18 unspecified atom stereocenters. The molecule has 0 spiro atoms. The summed E-state index contributed by atoms with van der Waals surface area (Å²) in [5, 5.41) is 270. The summed E-state index contributed by atoms with van der Waals surface area (Å²) >= 11 is 0. The number of carbonyl (C=O) groups excluding carboxylic acids is 2. The van der Waals surface area contributed by atoms with Crippen LogP contribution in [0.4, 0.5) is 0 Å². The molecule has 26 N–H and O–H groups in total. The largest absolute Gasteiger partial charge is 0.394 e. The van der Waals surface area contributed by atoms with Gasteiger partial charge >= 0.3 is 0 Å². The average Bonchev–Trinajstić information content (AvgIpc) is 0.760. The van der Waals surface area contributed by atoms with E-state index in [0.29, 0.717) is 0 Å². The summed E-state index contributed by atoms with van der Waals surface area (Å²) in [6, 6.07) is -4.02. The second kappa shape index (κ2) is 36.0. The van der Waals surface area contributed by atoms with Gasteiger partial charge in [-0.25, -0.2) is 0 Å². The summed E-state index contributed by atoms with van der Waals surface area (Å²) in [4.78, 5) is 26.9. The SMILES string of the molecule is CC(=O)N[C@H]1C(O[C@@H]2OC(C)[C@@H](O)[C@H](O)C2O)[C@H](O[C@@H]2O[C@@H](CO)[C@H](O)C(O)C2O[C@@H]2O[C@@H](C)[C@@H](O)C(O)C2O)C(CO)O[C@H]1OC1C(O)[C@H](O[C@@H]2C(CO)O[C@@H](OC3[C@@H](O)C(CO)O[C@@H](O[C@@H]4C(CO)O[C@@H](O)[C@@H](O)C4O)[C@H]3O)[C@@H](NC(C)=O)C2O[C@@H]2OC(C)[C@@H](O)[C@H](O)C2O)O[C@@H](CO)[C@@H]1O. The number of rotatable bonds is 24. The first-order chi connectivity index (χ1) is 48.6. The van der Waals surface area contributed by atoms with Gasteiger partial charge in [0.15, 0.2) is 56.6 Å². The molecule has 0 saturated carbocycles. The normalized spacial score (nSPS) is 52.3. The van der Waals surface area contributed by atoms with Crippen LogP contribution >= 0.6 is 0 Å². The summed E-state index contributed by atoms with van der Waals surface area (Å²) in [6.07, 6.45) is -86.2. The lowest BCUT2D eigenvalue weighted by Gasteiger charge is -2.53. The van der Waals surface area contributed by atoms with Crippen molar-refractivity contribution in [2.45, 2.75) is 311 Å². The smallest absolute Gasteiger partial charge is 0.217 e. The minimum absolute atomic E-state index is 0.936. The molecule has 0 aliphatic carbocycles. The fourth-order valence-electron chi connectivity index (χ4n) is 13.6. The van der Waals surface area contributed by atoms with Crippen molar-refractivity contribution >= 4 is 11.8 Å². The van der Waals surface area contributed by atoms with Crippen LogP contribution in [-0.4, -0.2) is 450 Å². The molecule has 9 aliphatic heterocycles.